The number of nitrogens with zero attached hydrogens (tertiary/aromatic N) is 3. The second-order valence-corrected chi connectivity index (χ2v) is 6.37. The Kier molecular flexibility index (Phi) is 4.23. The van der Waals surface area contributed by atoms with Gasteiger partial charge in [-0.05, 0) is 18.5 Å². The zero-order chi connectivity index (χ0) is 17.6. The molecule has 0 spiro atoms. The Morgan fingerprint density at radius 2 is 2.33 bits per heavy atom. The van der Waals surface area contributed by atoms with E-state index in [0.29, 0.717) is 17.2 Å². The van der Waals surface area contributed by atoms with Crippen LogP contribution in [0.1, 0.15) is 18.8 Å². The van der Waals surface area contributed by atoms with E-state index in [-0.39, 0.29) is 5.96 Å². The predicted molar refractivity (Wildman–Crippen MR) is 89.5 cm³/mol. The van der Waals surface area contributed by atoms with Crippen molar-refractivity contribution in [2.45, 2.75) is 36.3 Å². The van der Waals surface area contributed by atoms with E-state index in [2.05, 4.69) is 33.2 Å². The number of nitrogens with two attached hydrogens (primary N) is 1. The van der Waals surface area contributed by atoms with E-state index >= 15 is 0 Å². The number of ether oxygens (including phenoxy) is 1. The maximum Gasteiger partial charge on any atom is 0.199 e. The lowest BCUT2D eigenvalue weighted by molar-refractivity contribution is -0.0757. The van der Waals surface area contributed by atoms with Crippen LogP contribution in [0.3, 0.4) is 0 Å². The third-order valence-corrected chi connectivity index (χ3v) is 4.51. The van der Waals surface area contributed by atoms with Gasteiger partial charge in [-0.25, -0.2) is 4.98 Å². The summed E-state index contributed by atoms with van der Waals surface area (Å²) in [5.74, 6) is 3.03. The number of imidazole rings is 1. The van der Waals surface area contributed by atoms with Crippen molar-refractivity contribution < 1.29 is 14.9 Å². The maximum atomic E-state index is 10.5. The largest absolute Gasteiger partial charge is 0.391 e. The molecule has 24 heavy (non-hydrogen) atoms. The van der Waals surface area contributed by atoms with Gasteiger partial charge >= 0.3 is 0 Å². The summed E-state index contributed by atoms with van der Waals surface area (Å²) in [5, 5.41) is 25.3. The fourth-order valence-electron chi connectivity index (χ4n) is 2.77. The van der Waals surface area contributed by atoms with Gasteiger partial charge in [-0.3, -0.25) is 4.57 Å². The number of hydrogen-bond donors (Lipinski definition) is 4. The predicted octanol–water partition coefficient (Wildman–Crippen LogP) is 0.220. The summed E-state index contributed by atoms with van der Waals surface area (Å²) in [6.45, 7) is 5.30. The molecule has 128 valence electrons. The van der Waals surface area contributed by atoms with E-state index in [1.807, 2.05) is 0 Å². The Balaban J connectivity index is 2.12. The minimum atomic E-state index is -1.60. The van der Waals surface area contributed by atoms with Crippen molar-refractivity contribution in [2.75, 3.05) is 0 Å². The minimum absolute atomic E-state index is 0.128. The number of hydrogen-bond acceptors (Lipinski definition) is 7. The second-order valence-electron chi connectivity index (χ2n) is 5.55. The fourth-order valence-corrected chi connectivity index (χ4v) is 3.30. The highest BCUT2D eigenvalue weighted by Gasteiger charge is 2.57. The van der Waals surface area contributed by atoms with Gasteiger partial charge in [0, 0.05) is 5.38 Å². The van der Waals surface area contributed by atoms with Gasteiger partial charge in [0.1, 0.15) is 17.9 Å². The van der Waals surface area contributed by atoms with Crippen LogP contribution in [0.4, 0.5) is 5.82 Å². The first-order valence-corrected chi connectivity index (χ1v) is 7.75. The standard InChI is InChI=1S/C14H15Cl2N5O3/c1-6-8-11(20-13(17)19-6)21(5-18-8)12-14(16,3-4-15)10(23)9(24-12)7(2)22/h5,7,9-10,12,22-23H,1H2,2H3,(H3,17,19,20)/t7-,9?,10?,12-,14-/m1/s1. The van der Waals surface area contributed by atoms with Crippen LogP contribution in [0, 0.1) is 11.3 Å². The molecule has 2 aliphatic rings. The first-order chi connectivity index (χ1) is 11.3. The van der Waals surface area contributed by atoms with E-state index in [1.54, 1.807) is 0 Å². The molecule has 0 aliphatic carbocycles. The number of aliphatic hydroxyl groups excluding tert-OH is 2. The number of nitrogens with one attached hydrogen (secondary N) is 1. The van der Waals surface area contributed by atoms with Crippen LogP contribution in [-0.4, -0.2) is 48.9 Å². The first kappa shape index (κ1) is 17.1. The van der Waals surface area contributed by atoms with Crippen molar-refractivity contribution in [3.05, 3.63) is 18.6 Å². The van der Waals surface area contributed by atoms with Gasteiger partial charge < -0.3 is 26.0 Å². The lowest BCUT2D eigenvalue weighted by atomic mass is 9.97. The van der Waals surface area contributed by atoms with Gasteiger partial charge in [0.2, 0.25) is 0 Å². The Bertz CT molecular complexity index is 781. The zero-order valence-electron chi connectivity index (χ0n) is 12.6. The third-order valence-electron chi connectivity index (χ3n) is 3.91. The molecule has 0 radical (unpaired) electrons. The van der Waals surface area contributed by atoms with Crippen molar-refractivity contribution in [1.82, 2.24) is 14.9 Å². The van der Waals surface area contributed by atoms with Gasteiger partial charge in [0.05, 0.1) is 18.1 Å². The number of aromatic nitrogens is 2. The quantitative estimate of drug-likeness (QED) is 0.436. The van der Waals surface area contributed by atoms with Crippen LogP contribution in [0.5, 0.6) is 0 Å². The Morgan fingerprint density at radius 3 is 2.96 bits per heavy atom. The molecule has 0 bridgehead atoms. The molecule has 1 aromatic heterocycles. The molecular weight excluding hydrogens is 357 g/mol. The highest BCUT2D eigenvalue weighted by molar-refractivity contribution is 6.32. The van der Waals surface area contributed by atoms with Crippen molar-refractivity contribution >= 4 is 40.7 Å². The number of rotatable bonds is 2. The van der Waals surface area contributed by atoms with Gasteiger partial charge in [0.25, 0.3) is 0 Å². The zero-order valence-corrected chi connectivity index (χ0v) is 14.1. The summed E-state index contributed by atoms with van der Waals surface area (Å²) in [5.41, 5.74) is 6.64. The summed E-state index contributed by atoms with van der Waals surface area (Å²) in [6.07, 6.45) is -2.81. The van der Waals surface area contributed by atoms with Gasteiger partial charge in [-0.1, -0.05) is 24.1 Å². The van der Waals surface area contributed by atoms with Gasteiger partial charge in [0.15, 0.2) is 22.9 Å². The highest BCUT2D eigenvalue weighted by atomic mass is 35.5. The van der Waals surface area contributed by atoms with Crippen LogP contribution in [-0.2, 0) is 4.74 Å². The molecule has 5 N–H and O–H groups in total. The average Bonchev–Trinajstić information content (AvgIpc) is 3.00. The van der Waals surface area contributed by atoms with E-state index in [0.717, 1.165) is 0 Å². The molecule has 1 saturated heterocycles. The molecule has 2 aliphatic heterocycles. The van der Waals surface area contributed by atoms with Crippen molar-refractivity contribution in [3.63, 3.8) is 0 Å². The normalized spacial score (nSPS) is 33.1. The third kappa shape index (κ3) is 2.46. The van der Waals surface area contributed by atoms with E-state index in [9.17, 15) is 10.2 Å². The van der Waals surface area contributed by atoms with Crippen molar-refractivity contribution in [1.29, 1.82) is 0 Å². The lowest BCUT2D eigenvalue weighted by Gasteiger charge is -2.26. The highest BCUT2D eigenvalue weighted by Crippen LogP contribution is 2.46. The summed E-state index contributed by atoms with van der Waals surface area (Å²) in [7, 11) is 0. The first-order valence-electron chi connectivity index (χ1n) is 7.00. The van der Waals surface area contributed by atoms with Gasteiger partial charge in [-0.15, -0.1) is 0 Å². The van der Waals surface area contributed by atoms with Crippen LogP contribution in [0.2, 0.25) is 0 Å². The summed E-state index contributed by atoms with van der Waals surface area (Å²) in [6, 6.07) is 0. The fraction of sp³-hybridized carbons (Fsp3) is 0.429. The number of alkyl halides is 1. The minimum Gasteiger partial charge on any atom is -0.391 e. The lowest BCUT2D eigenvalue weighted by Crippen LogP contribution is -2.43. The molecule has 3 rings (SSSR count). The molecule has 5 atom stereocenters. The number of aliphatic hydroxyl groups is 2. The SMILES string of the molecule is C=C1NC(N)=Nc2c1ncn2[C@@H]1OC([C@@H](C)O)C(O)[C@]1(Cl)C#CCl. The van der Waals surface area contributed by atoms with Crippen LogP contribution < -0.4 is 11.1 Å². The van der Waals surface area contributed by atoms with E-state index in [4.69, 9.17) is 33.7 Å². The molecule has 1 aromatic rings. The Labute approximate surface area is 147 Å². The number of fused-ring (bicyclic) bond motifs is 1. The molecule has 0 saturated carbocycles. The van der Waals surface area contributed by atoms with Gasteiger partial charge in [-0.2, -0.15) is 4.99 Å². The second kappa shape index (κ2) is 5.95. The molecule has 8 nitrogen and oxygen atoms in total. The number of guanidine groups is 1. The number of halogens is 2. The molecule has 1 fully saturated rings. The summed E-state index contributed by atoms with van der Waals surface area (Å²) >= 11 is 12.0. The molecule has 10 heteroatoms. The van der Waals surface area contributed by atoms with E-state index in [1.165, 1.54) is 17.8 Å². The monoisotopic (exact) mass is 371 g/mol. The van der Waals surface area contributed by atoms with E-state index < -0.39 is 29.4 Å². The molecule has 2 unspecified atom stereocenters. The average molecular weight is 372 g/mol. The molecule has 0 amide bonds. The topological polar surface area (TPSA) is 118 Å². The molecular formula is C14H15Cl2N5O3. The number of aliphatic imine (C=N–C) groups is 1. The van der Waals surface area contributed by atoms with Crippen molar-refractivity contribution in [3.8, 4) is 11.3 Å². The molecule has 3 heterocycles. The van der Waals surface area contributed by atoms with Crippen LogP contribution in [0.25, 0.3) is 5.70 Å². The van der Waals surface area contributed by atoms with Crippen LogP contribution >= 0.6 is 23.2 Å². The maximum absolute atomic E-state index is 10.5. The summed E-state index contributed by atoms with van der Waals surface area (Å²) < 4.78 is 7.23. The summed E-state index contributed by atoms with van der Waals surface area (Å²) in [4.78, 5) is 6.79. The molecule has 0 aromatic carbocycles. The Hall–Kier alpha value is -1.76. The van der Waals surface area contributed by atoms with Crippen LogP contribution in [0.15, 0.2) is 17.9 Å². The van der Waals surface area contributed by atoms with Crippen molar-refractivity contribution in [2.24, 2.45) is 10.7 Å². The Morgan fingerprint density at radius 1 is 1.62 bits per heavy atom. The smallest absolute Gasteiger partial charge is 0.199 e.